The smallest absolute Gasteiger partial charge is 0.123 e. The molecule has 1 atom stereocenters. The minimum Gasteiger partial charge on any atom is -0.319 e. The van der Waals surface area contributed by atoms with E-state index in [-0.39, 0.29) is 5.82 Å². The van der Waals surface area contributed by atoms with Gasteiger partial charge in [-0.2, -0.15) is 0 Å². The molecule has 2 nitrogen and oxygen atoms in total. The van der Waals surface area contributed by atoms with E-state index in [0.717, 1.165) is 30.5 Å². The van der Waals surface area contributed by atoms with E-state index in [1.165, 1.54) is 6.07 Å². The molecule has 0 radical (unpaired) electrons. The molecule has 4 heteroatoms. The molecule has 20 heavy (non-hydrogen) atoms. The summed E-state index contributed by atoms with van der Waals surface area (Å²) in [6.07, 6.45) is 5.07. The number of rotatable bonds is 6. The van der Waals surface area contributed by atoms with Crippen LogP contribution in [-0.2, 0) is 12.8 Å². The van der Waals surface area contributed by atoms with E-state index >= 15 is 0 Å². The highest BCUT2D eigenvalue weighted by Gasteiger charge is 2.12. The summed E-state index contributed by atoms with van der Waals surface area (Å²) in [7, 11) is 1.92. The summed E-state index contributed by atoms with van der Waals surface area (Å²) in [5, 5.41) is 3.88. The van der Waals surface area contributed by atoms with Crippen molar-refractivity contribution in [3.8, 4) is 0 Å². The maximum Gasteiger partial charge on any atom is 0.123 e. The van der Waals surface area contributed by atoms with Crippen LogP contribution >= 0.6 is 11.6 Å². The zero-order valence-electron chi connectivity index (χ0n) is 11.4. The summed E-state index contributed by atoms with van der Waals surface area (Å²) in [5.74, 6) is 0.175. The van der Waals surface area contributed by atoms with E-state index in [9.17, 15) is 4.39 Å². The molecule has 0 aliphatic carbocycles. The zero-order chi connectivity index (χ0) is 14.4. The lowest BCUT2D eigenvalue weighted by Gasteiger charge is -2.17. The monoisotopic (exact) mass is 292 g/mol. The number of pyridine rings is 1. The van der Waals surface area contributed by atoms with Gasteiger partial charge in [0.15, 0.2) is 0 Å². The van der Waals surface area contributed by atoms with Gasteiger partial charge < -0.3 is 5.32 Å². The Labute approximate surface area is 124 Å². The number of benzene rings is 1. The maximum atomic E-state index is 13.2. The largest absolute Gasteiger partial charge is 0.319 e. The van der Waals surface area contributed by atoms with Crippen LogP contribution in [0.4, 0.5) is 4.39 Å². The third-order valence-corrected chi connectivity index (χ3v) is 3.61. The summed E-state index contributed by atoms with van der Waals surface area (Å²) >= 11 is 6.15. The molecule has 0 aliphatic heterocycles. The Balaban J connectivity index is 2.09. The van der Waals surface area contributed by atoms with Crippen molar-refractivity contribution in [3.05, 3.63) is 64.7 Å². The van der Waals surface area contributed by atoms with Crippen LogP contribution in [0.15, 0.2) is 42.7 Å². The van der Waals surface area contributed by atoms with Gasteiger partial charge in [-0.3, -0.25) is 4.98 Å². The van der Waals surface area contributed by atoms with Crippen molar-refractivity contribution in [1.82, 2.24) is 10.3 Å². The van der Waals surface area contributed by atoms with Crippen molar-refractivity contribution in [2.24, 2.45) is 5.92 Å². The molecule has 1 heterocycles. The molecule has 0 aliphatic rings. The third-order valence-electron chi connectivity index (χ3n) is 3.27. The lowest BCUT2D eigenvalue weighted by molar-refractivity contribution is 0.491. The highest BCUT2D eigenvalue weighted by atomic mass is 35.5. The highest BCUT2D eigenvalue weighted by molar-refractivity contribution is 6.31. The van der Waals surface area contributed by atoms with Crippen LogP contribution < -0.4 is 5.32 Å². The van der Waals surface area contributed by atoms with E-state index in [2.05, 4.69) is 10.3 Å². The Hall–Kier alpha value is -1.45. The molecule has 2 aromatic rings. The minimum atomic E-state index is -0.187. The Morgan fingerprint density at radius 2 is 2.15 bits per heavy atom. The van der Waals surface area contributed by atoms with E-state index in [0.29, 0.717) is 10.9 Å². The number of nitrogens with one attached hydrogen (secondary N) is 1. The molecular formula is C16H18ClFN2. The molecule has 1 aromatic carbocycles. The SMILES string of the molecule is CNCC(Cc1cccc(F)c1)Cc1ccncc1Cl. The van der Waals surface area contributed by atoms with Crippen molar-refractivity contribution >= 4 is 11.6 Å². The Bertz CT molecular complexity index is 560. The molecule has 0 amide bonds. The number of nitrogens with zero attached hydrogens (tertiary/aromatic N) is 1. The van der Waals surface area contributed by atoms with Crippen LogP contribution in [0.5, 0.6) is 0 Å². The molecule has 106 valence electrons. The van der Waals surface area contributed by atoms with Gasteiger partial charge in [-0.05, 0) is 61.7 Å². The Kier molecular flexibility index (Phi) is 5.50. The summed E-state index contributed by atoms with van der Waals surface area (Å²) < 4.78 is 13.2. The van der Waals surface area contributed by atoms with Gasteiger partial charge in [-0.25, -0.2) is 4.39 Å². The second kappa shape index (κ2) is 7.36. The van der Waals surface area contributed by atoms with Gasteiger partial charge in [0, 0.05) is 12.4 Å². The molecule has 0 spiro atoms. The first-order valence-corrected chi connectivity index (χ1v) is 7.04. The predicted molar refractivity (Wildman–Crippen MR) is 80.5 cm³/mol. The van der Waals surface area contributed by atoms with Crippen LogP contribution in [0.1, 0.15) is 11.1 Å². The average Bonchev–Trinajstić information content (AvgIpc) is 2.42. The van der Waals surface area contributed by atoms with Crippen LogP contribution in [0.25, 0.3) is 0 Å². The topological polar surface area (TPSA) is 24.9 Å². The van der Waals surface area contributed by atoms with Crippen molar-refractivity contribution < 1.29 is 4.39 Å². The van der Waals surface area contributed by atoms with E-state index in [1.54, 1.807) is 24.5 Å². The van der Waals surface area contributed by atoms with Crippen molar-refractivity contribution in [1.29, 1.82) is 0 Å². The molecule has 1 unspecified atom stereocenters. The normalized spacial score (nSPS) is 12.3. The van der Waals surface area contributed by atoms with Crippen molar-refractivity contribution in [2.75, 3.05) is 13.6 Å². The van der Waals surface area contributed by atoms with E-state index in [1.807, 2.05) is 19.2 Å². The number of hydrogen-bond donors (Lipinski definition) is 1. The molecular weight excluding hydrogens is 275 g/mol. The fourth-order valence-electron chi connectivity index (χ4n) is 2.38. The Morgan fingerprint density at radius 1 is 1.30 bits per heavy atom. The fourth-order valence-corrected chi connectivity index (χ4v) is 2.58. The van der Waals surface area contributed by atoms with Crippen molar-refractivity contribution in [2.45, 2.75) is 12.8 Å². The maximum absolute atomic E-state index is 13.2. The average molecular weight is 293 g/mol. The van der Waals surface area contributed by atoms with Gasteiger partial charge in [0.1, 0.15) is 5.82 Å². The van der Waals surface area contributed by atoms with Crippen LogP contribution in [0.3, 0.4) is 0 Å². The van der Waals surface area contributed by atoms with E-state index < -0.39 is 0 Å². The number of aromatic nitrogens is 1. The zero-order valence-corrected chi connectivity index (χ0v) is 12.2. The predicted octanol–water partition coefficient (Wildman–Crippen LogP) is 3.49. The van der Waals surface area contributed by atoms with Gasteiger partial charge in [-0.1, -0.05) is 23.7 Å². The van der Waals surface area contributed by atoms with E-state index in [4.69, 9.17) is 11.6 Å². The lowest BCUT2D eigenvalue weighted by Crippen LogP contribution is -2.23. The summed E-state index contributed by atoms with van der Waals surface area (Å²) in [6, 6.07) is 8.71. The molecule has 0 fully saturated rings. The molecule has 0 saturated heterocycles. The first-order chi connectivity index (χ1) is 9.69. The van der Waals surface area contributed by atoms with Gasteiger partial charge >= 0.3 is 0 Å². The first-order valence-electron chi connectivity index (χ1n) is 6.66. The minimum absolute atomic E-state index is 0.187. The molecule has 0 bridgehead atoms. The van der Waals surface area contributed by atoms with Gasteiger partial charge in [0.25, 0.3) is 0 Å². The Morgan fingerprint density at radius 3 is 2.85 bits per heavy atom. The standard InChI is InChI=1S/C16H18ClFN2/c1-19-10-13(7-12-3-2-4-15(18)9-12)8-14-5-6-20-11-16(14)17/h2-6,9,11,13,19H,7-8,10H2,1H3. The lowest BCUT2D eigenvalue weighted by atomic mass is 9.93. The molecule has 2 rings (SSSR count). The number of hydrogen-bond acceptors (Lipinski definition) is 2. The number of halogens is 2. The van der Waals surface area contributed by atoms with Crippen LogP contribution in [-0.4, -0.2) is 18.6 Å². The summed E-state index contributed by atoms with van der Waals surface area (Å²) in [4.78, 5) is 4.00. The highest BCUT2D eigenvalue weighted by Crippen LogP contribution is 2.20. The molecule has 1 aromatic heterocycles. The third kappa shape index (κ3) is 4.29. The second-order valence-corrected chi connectivity index (χ2v) is 5.34. The second-order valence-electron chi connectivity index (χ2n) is 4.93. The van der Waals surface area contributed by atoms with Crippen LogP contribution in [0, 0.1) is 11.7 Å². The van der Waals surface area contributed by atoms with Crippen LogP contribution in [0.2, 0.25) is 5.02 Å². The molecule has 0 saturated carbocycles. The fraction of sp³-hybridized carbons (Fsp3) is 0.312. The van der Waals surface area contributed by atoms with Gasteiger partial charge in [0.2, 0.25) is 0 Å². The summed E-state index contributed by atoms with van der Waals surface area (Å²) in [5.41, 5.74) is 2.09. The first kappa shape index (κ1) is 14.9. The summed E-state index contributed by atoms with van der Waals surface area (Å²) in [6.45, 7) is 0.856. The molecule has 1 N–H and O–H groups in total. The van der Waals surface area contributed by atoms with Gasteiger partial charge in [0.05, 0.1) is 5.02 Å². The quantitative estimate of drug-likeness (QED) is 0.881. The van der Waals surface area contributed by atoms with Crippen molar-refractivity contribution in [3.63, 3.8) is 0 Å². The van der Waals surface area contributed by atoms with Gasteiger partial charge in [-0.15, -0.1) is 0 Å².